The lowest BCUT2D eigenvalue weighted by molar-refractivity contribution is -0.123. The van der Waals surface area contributed by atoms with Crippen molar-refractivity contribution in [3.05, 3.63) is 60.7 Å². The van der Waals surface area contributed by atoms with Crippen LogP contribution in [0.2, 0.25) is 0 Å². The van der Waals surface area contributed by atoms with Crippen LogP contribution in [0.25, 0.3) is 17.0 Å². The fourth-order valence-corrected chi connectivity index (χ4v) is 3.13. The summed E-state index contributed by atoms with van der Waals surface area (Å²) in [6.45, 7) is 0.616. The van der Waals surface area contributed by atoms with Gasteiger partial charge in [0.25, 0.3) is 5.91 Å². The van der Waals surface area contributed by atoms with Gasteiger partial charge < -0.3 is 24.3 Å². The third-order valence-corrected chi connectivity index (χ3v) is 4.66. The SMILES string of the molecule is O=C(COc1ccc2c(c1)OCO2)NCCOc1ccc2nnc(-c3ccccc3)n2n1. The van der Waals surface area contributed by atoms with E-state index in [-0.39, 0.29) is 25.9 Å². The van der Waals surface area contributed by atoms with E-state index in [1.165, 1.54) is 0 Å². The predicted molar refractivity (Wildman–Crippen MR) is 113 cm³/mol. The molecule has 4 aromatic rings. The molecule has 0 saturated heterocycles. The summed E-state index contributed by atoms with van der Waals surface area (Å²) in [4.78, 5) is 12.0. The maximum atomic E-state index is 12.0. The van der Waals surface area contributed by atoms with Gasteiger partial charge in [0.05, 0.1) is 6.54 Å². The number of hydrogen-bond donors (Lipinski definition) is 1. The van der Waals surface area contributed by atoms with Crippen molar-refractivity contribution >= 4 is 11.6 Å². The summed E-state index contributed by atoms with van der Waals surface area (Å²) in [5.74, 6) is 2.55. The highest BCUT2D eigenvalue weighted by Crippen LogP contribution is 2.35. The van der Waals surface area contributed by atoms with Gasteiger partial charge in [-0.25, -0.2) is 0 Å². The van der Waals surface area contributed by atoms with Gasteiger partial charge in [0.1, 0.15) is 12.4 Å². The number of rotatable bonds is 8. The highest BCUT2D eigenvalue weighted by atomic mass is 16.7. The van der Waals surface area contributed by atoms with Crippen molar-refractivity contribution < 1.29 is 23.7 Å². The van der Waals surface area contributed by atoms with E-state index in [0.717, 1.165) is 5.56 Å². The number of nitrogens with zero attached hydrogens (tertiary/aromatic N) is 4. The Bertz CT molecular complexity index is 1240. The zero-order chi connectivity index (χ0) is 21.8. The Kier molecular flexibility index (Phi) is 5.39. The summed E-state index contributed by atoms with van der Waals surface area (Å²) in [5.41, 5.74) is 1.52. The molecule has 1 aliphatic rings. The molecule has 0 radical (unpaired) electrons. The quantitative estimate of drug-likeness (QED) is 0.421. The topological polar surface area (TPSA) is 109 Å². The molecule has 162 valence electrons. The molecule has 0 unspecified atom stereocenters. The van der Waals surface area contributed by atoms with Crippen LogP contribution < -0.4 is 24.3 Å². The van der Waals surface area contributed by atoms with E-state index in [0.29, 0.717) is 41.1 Å². The molecule has 32 heavy (non-hydrogen) atoms. The number of carbonyl (C=O) groups is 1. The summed E-state index contributed by atoms with van der Waals surface area (Å²) in [5, 5.41) is 15.5. The minimum absolute atomic E-state index is 0.120. The monoisotopic (exact) mass is 433 g/mol. The molecule has 0 fully saturated rings. The first-order valence-electron chi connectivity index (χ1n) is 9.96. The molecular formula is C22H19N5O5. The molecule has 0 saturated carbocycles. The van der Waals surface area contributed by atoms with Crippen molar-refractivity contribution in [2.75, 3.05) is 26.6 Å². The fourth-order valence-electron chi connectivity index (χ4n) is 3.13. The van der Waals surface area contributed by atoms with Crippen LogP contribution in [0.5, 0.6) is 23.1 Å². The third-order valence-electron chi connectivity index (χ3n) is 4.66. The molecule has 0 bridgehead atoms. The molecule has 10 heteroatoms. The average Bonchev–Trinajstić information content (AvgIpc) is 3.47. The number of carbonyl (C=O) groups excluding carboxylic acids is 1. The van der Waals surface area contributed by atoms with E-state index in [4.69, 9.17) is 18.9 Å². The Morgan fingerprint density at radius 3 is 2.78 bits per heavy atom. The molecule has 2 aromatic heterocycles. The fraction of sp³-hybridized carbons (Fsp3) is 0.182. The number of ether oxygens (including phenoxy) is 4. The van der Waals surface area contributed by atoms with E-state index < -0.39 is 0 Å². The molecule has 0 spiro atoms. The van der Waals surface area contributed by atoms with Crippen LogP contribution in [0.1, 0.15) is 0 Å². The second-order valence-corrected chi connectivity index (χ2v) is 6.83. The smallest absolute Gasteiger partial charge is 0.258 e. The Labute approximate surface area is 182 Å². The van der Waals surface area contributed by atoms with Gasteiger partial charge in [-0.1, -0.05) is 30.3 Å². The van der Waals surface area contributed by atoms with Gasteiger partial charge in [0.2, 0.25) is 12.7 Å². The minimum atomic E-state index is -0.264. The van der Waals surface area contributed by atoms with Gasteiger partial charge in [-0.15, -0.1) is 15.3 Å². The van der Waals surface area contributed by atoms with Crippen LogP contribution in [-0.4, -0.2) is 52.3 Å². The third kappa shape index (κ3) is 4.24. The molecule has 10 nitrogen and oxygen atoms in total. The number of aromatic nitrogens is 4. The predicted octanol–water partition coefficient (Wildman–Crippen LogP) is 2.09. The van der Waals surface area contributed by atoms with Crippen molar-refractivity contribution in [2.45, 2.75) is 0 Å². The maximum Gasteiger partial charge on any atom is 0.258 e. The molecule has 2 aromatic carbocycles. The summed E-state index contributed by atoms with van der Waals surface area (Å²) >= 11 is 0. The first-order chi connectivity index (χ1) is 15.8. The van der Waals surface area contributed by atoms with Crippen molar-refractivity contribution in [1.82, 2.24) is 25.1 Å². The average molecular weight is 433 g/mol. The lowest BCUT2D eigenvalue weighted by Gasteiger charge is -2.09. The van der Waals surface area contributed by atoms with Crippen molar-refractivity contribution in [1.29, 1.82) is 0 Å². The Balaban J connectivity index is 1.11. The normalized spacial score (nSPS) is 12.0. The van der Waals surface area contributed by atoms with E-state index >= 15 is 0 Å². The summed E-state index contributed by atoms with van der Waals surface area (Å²) in [6.07, 6.45) is 0. The van der Waals surface area contributed by atoms with Crippen molar-refractivity contribution in [3.8, 4) is 34.5 Å². The highest BCUT2D eigenvalue weighted by molar-refractivity contribution is 5.77. The molecule has 1 N–H and O–H groups in total. The zero-order valence-corrected chi connectivity index (χ0v) is 16.9. The molecule has 1 amide bonds. The molecule has 3 heterocycles. The first-order valence-corrected chi connectivity index (χ1v) is 9.96. The second-order valence-electron chi connectivity index (χ2n) is 6.83. The van der Waals surface area contributed by atoms with Crippen molar-refractivity contribution in [2.24, 2.45) is 0 Å². The molecule has 5 rings (SSSR count). The van der Waals surface area contributed by atoms with Crippen LogP contribution >= 0.6 is 0 Å². The lowest BCUT2D eigenvalue weighted by atomic mass is 10.2. The number of amides is 1. The number of benzene rings is 2. The van der Waals surface area contributed by atoms with E-state index in [1.807, 2.05) is 30.3 Å². The number of nitrogens with one attached hydrogen (secondary N) is 1. The Hall–Kier alpha value is -4.34. The van der Waals surface area contributed by atoms with Crippen LogP contribution in [-0.2, 0) is 4.79 Å². The summed E-state index contributed by atoms with van der Waals surface area (Å²) < 4.78 is 23.3. The van der Waals surface area contributed by atoms with Crippen LogP contribution in [0.3, 0.4) is 0 Å². The zero-order valence-electron chi connectivity index (χ0n) is 16.9. The molecule has 1 aliphatic heterocycles. The van der Waals surface area contributed by atoms with Crippen LogP contribution in [0.15, 0.2) is 60.7 Å². The largest absolute Gasteiger partial charge is 0.484 e. The summed E-state index contributed by atoms with van der Waals surface area (Å²) in [6, 6.07) is 18.3. The van der Waals surface area contributed by atoms with Gasteiger partial charge in [0.15, 0.2) is 29.6 Å². The number of hydrogen-bond acceptors (Lipinski definition) is 8. The Morgan fingerprint density at radius 2 is 1.88 bits per heavy atom. The summed E-state index contributed by atoms with van der Waals surface area (Å²) in [7, 11) is 0. The van der Waals surface area contributed by atoms with Gasteiger partial charge in [0, 0.05) is 17.7 Å². The van der Waals surface area contributed by atoms with Gasteiger partial charge >= 0.3 is 0 Å². The van der Waals surface area contributed by atoms with Crippen LogP contribution in [0.4, 0.5) is 0 Å². The minimum Gasteiger partial charge on any atom is -0.484 e. The lowest BCUT2D eigenvalue weighted by Crippen LogP contribution is -2.32. The first kappa shape index (κ1) is 19.6. The van der Waals surface area contributed by atoms with Crippen LogP contribution in [0, 0.1) is 0 Å². The van der Waals surface area contributed by atoms with Gasteiger partial charge in [-0.2, -0.15) is 4.52 Å². The standard InChI is InChI=1S/C22H19N5O5/c28-20(13-30-16-6-7-17-18(12-16)32-14-31-17)23-10-11-29-21-9-8-19-24-25-22(27(19)26-21)15-4-2-1-3-5-15/h1-9,12H,10-11,13-14H2,(H,23,28). The van der Waals surface area contributed by atoms with E-state index in [2.05, 4.69) is 20.6 Å². The molecule has 0 aliphatic carbocycles. The van der Waals surface area contributed by atoms with Gasteiger partial charge in [-0.05, 0) is 18.2 Å². The molecular weight excluding hydrogens is 414 g/mol. The van der Waals surface area contributed by atoms with E-state index in [9.17, 15) is 4.79 Å². The van der Waals surface area contributed by atoms with E-state index in [1.54, 1.807) is 34.8 Å². The van der Waals surface area contributed by atoms with Crippen molar-refractivity contribution in [3.63, 3.8) is 0 Å². The molecule has 0 atom stereocenters. The number of fused-ring (bicyclic) bond motifs is 2. The highest BCUT2D eigenvalue weighted by Gasteiger charge is 2.14. The Morgan fingerprint density at radius 1 is 1.00 bits per heavy atom. The van der Waals surface area contributed by atoms with Gasteiger partial charge in [-0.3, -0.25) is 4.79 Å². The second kappa shape index (κ2) is 8.80. The maximum absolute atomic E-state index is 12.0.